The second-order valence-corrected chi connectivity index (χ2v) is 5.37. The Bertz CT molecular complexity index is 567. The number of nitrogens with two attached hydrogens (primary N) is 1. The maximum Gasteiger partial charge on any atom is 0.0554 e. The third kappa shape index (κ3) is 2.87. The largest absolute Gasteiger partial charge is 0.320 e. The zero-order valence-electron chi connectivity index (χ0n) is 12.3. The molecule has 0 amide bonds. The topological polar surface area (TPSA) is 26.0 Å². The lowest BCUT2D eigenvalue weighted by atomic mass is 9.92. The molecule has 0 aliphatic heterocycles. The molecule has 0 fully saturated rings. The predicted molar refractivity (Wildman–Crippen MR) is 82.5 cm³/mol. The molecule has 2 aromatic rings. The van der Waals surface area contributed by atoms with Crippen LogP contribution in [-0.4, -0.2) is 0 Å². The van der Waals surface area contributed by atoms with Crippen LogP contribution in [0.15, 0.2) is 36.4 Å². The molecule has 0 saturated heterocycles. The Labute approximate surface area is 116 Å². The smallest absolute Gasteiger partial charge is 0.0554 e. The molecule has 1 nitrogen and oxygen atoms in total. The van der Waals surface area contributed by atoms with E-state index >= 15 is 0 Å². The Kier molecular flexibility index (Phi) is 4.06. The van der Waals surface area contributed by atoms with Gasteiger partial charge in [-0.1, -0.05) is 43.3 Å². The van der Waals surface area contributed by atoms with Crippen LogP contribution in [0.2, 0.25) is 0 Å². The molecule has 0 spiro atoms. The van der Waals surface area contributed by atoms with E-state index in [2.05, 4.69) is 64.1 Å². The molecule has 2 rings (SSSR count). The summed E-state index contributed by atoms with van der Waals surface area (Å²) in [4.78, 5) is 0. The van der Waals surface area contributed by atoms with Gasteiger partial charge in [0.25, 0.3) is 0 Å². The van der Waals surface area contributed by atoms with Crippen LogP contribution in [-0.2, 0) is 6.42 Å². The highest BCUT2D eigenvalue weighted by atomic mass is 14.6. The van der Waals surface area contributed by atoms with Gasteiger partial charge in [0.2, 0.25) is 0 Å². The first-order valence-corrected chi connectivity index (χ1v) is 6.95. The number of benzene rings is 2. The summed E-state index contributed by atoms with van der Waals surface area (Å²) in [5, 5.41) is 0. The minimum atomic E-state index is -0.0368. The normalized spacial score (nSPS) is 12.5. The van der Waals surface area contributed by atoms with Crippen molar-refractivity contribution in [3.63, 3.8) is 0 Å². The van der Waals surface area contributed by atoms with Gasteiger partial charge in [0.1, 0.15) is 0 Å². The van der Waals surface area contributed by atoms with E-state index in [0.29, 0.717) is 0 Å². The highest BCUT2D eigenvalue weighted by molar-refractivity contribution is 5.42. The van der Waals surface area contributed by atoms with Crippen LogP contribution < -0.4 is 5.73 Å². The van der Waals surface area contributed by atoms with Gasteiger partial charge in [0, 0.05) is 0 Å². The number of hydrogen-bond donors (Lipinski definition) is 1. The minimum absolute atomic E-state index is 0.0368. The van der Waals surface area contributed by atoms with Crippen LogP contribution >= 0.6 is 0 Å². The van der Waals surface area contributed by atoms with Gasteiger partial charge in [0.05, 0.1) is 6.04 Å². The van der Waals surface area contributed by atoms with Gasteiger partial charge in [-0.2, -0.15) is 0 Å². The van der Waals surface area contributed by atoms with Crippen molar-refractivity contribution in [2.45, 2.75) is 40.2 Å². The van der Waals surface area contributed by atoms with Crippen LogP contribution in [0.3, 0.4) is 0 Å². The first kappa shape index (κ1) is 13.8. The Morgan fingerprint density at radius 3 is 2.05 bits per heavy atom. The maximum absolute atomic E-state index is 6.43. The average Bonchev–Trinajstić information content (AvgIpc) is 2.42. The molecule has 0 saturated carbocycles. The van der Waals surface area contributed by atoms with Crippen molar-refractivity contribution < 1.29 is 0 Å². The fourth-order valence-electron chi connectivity index (χ4n) is 2.46. The molecule has 2 N–H and O–H groups in total. The molecule has 2 aromatic carbocycles. The number of aryl methyl sites for hydroxylation is 4. The van der Waals surface area contributed by atoms with E-state index in [0.717, 1.165) is 6.42 Å². The van der Waals surface area contributed by atoms with Crippen LogP contribution in [0.25, 0.3) is 0 Å². The quantitative estimate of drug-likeness (QED) is 0.870. The molecule has 1 atom stereocenters. The van der Waals surface area contributed by atoms with Gasteiger partial charge >= 0.3 is 0 Å². The van der Waals surface area contributed by atoms with Crippen LogP contribution in [0.4, 0.5) is 0 Å². The summed E-state index contributed by atoms with van der Waals surface area (Å²) in [7, 11) is 0. The molecule has 0 aliphatic rings. The van der Waals surface area contributed by atoms with Gasteiger partial charge in [-0.3, -0.25) is 0 Å². The summed E-state index contributed by atoms with van der Waals surface area (Å²) in [5.74, 6) is 0. The van der Waals surface area contributed by atoms with Crippen molar-refractivity contribution in [1.29, 1.82) is 0 Å². The highest BCUT2D eigenvalue weighted by Gasteiger charge is 2.12. The summed E-state index contributed by atoms with van der Waals surface area (Å²) < 4.78 is 0. The van der Waals surface area contributed by atoms with Crippen LogP contribution in [0, 0.1) is 20.8 Å². The second-order valence-electron chi connectivity index (χ2n) is 5.37. The van der Waals surface area contributed by atoms with Gasteiger partial charge in [-0.05, 0) is 60.6 Å². The molecule has 100 valence electrons. The molecular formula is C18H23N. The number of hydrogen-bond acceptors (Lipinski definition) is 1. The highest BCUT2D eigenvalue weighted by Crippen LogP contribution is 2.25. The standard InChI is InChI=1S/C18H23N/c1-5-15-6-8-16(9-7-15)18(19)17-11-13(3)12(2)10-14(17)4/h6-11,18H,5,19H2,1-4H3. The van der Waals surface area contributed by atoms with Crippen LogP contribution in [0.1, 0.15) is 46.3 Å². The molecule has 0 aromatic heterocycles. The number of rotatable bonds is 3. The van der Waals surface area contributed by atoms with Gasteiger partial charge in [-0.15, -0.1) is 0 Å². The molecule has 19 heavy (non-hydrogen) atoms. The fourth-order valence-corrected chi connectivity index (χ4v) is 2.46. The van der Waals surface area contributed by atoms with Crippen molar-refractivity contribution in [2.24, 2.45) is 5.73 Å². The van der Waals surface area contributed by atoms with E-state index < -0.39 is 0 Å². The van der Waals surface area contributed by atoms with Crippen molar-refractivity contribution in [1.82, 2.24) is 0 Å². The lowest BCUT2D eigenvalue weighted by Crippen LogP contribution is -2.13. The van der Waals surface area contributed by atoms with Crippen LogP contribution in [0.5, 0.6) is 0 Å². The molecule has 0 aliphatic carbocycles. The van der Waals surface area contributed by atoms with E-state index in [1.165, 1.54) is 33.4 Å². The predicted octanol–water partition coefficient (Wildman–Crippen LogP) is 4.22. The van der Waals surface area contributed by atoms with Gasteiger partial charge < -0.3 is 5.73 Å². The third-order valence-electron chi connectivity index (χ3n) is 3.96. The van der Waals surface area contributed by atoms with Crippen molar-refractivity contribution in [3.05, 3.63) is 69.8 Å². The summed E-state index contributed by atoms with van der Waals surface area (Å²) in [6.45, 7) is 8.60. The van der Waals surface area contributed by atoms with E-state index in [-0.39, 0.29) is 6.04 Å². The molecule has 0 bridgehead atoms. The molecule has 0 radical (unpaired) electrons. The van der Waals surface area contributed by atoms with Crippen molar-refractivity contribution in [3.8, 4) is 0 Å². The summed E-state index contributed by atoms with van der Waals surface area (Å²) in [6.07, 6.45) is 1.07. The van der Waals surface area contributed by atoms with Gasteiger partial charge in [-0.25, -0.2) is 0 Å². The summed E-state index contributed by atoms with van der Waals surface area (Å²) in [5.41, 5.74) is 14.1. The van der Waals surface area contributed by atoms with E-state index in [1.54, 1.807) is 0 Å². The molecule has 0 heterocycles. The zero-order valence-corrected chi connectivity index (χ0v) is 12.3. The minimum Gasteiger partial charge on any atom is -0.320 e. The first-order valence-electron chi connectivity index (χ1n) is 6.95. The average molecular weight is 253 g/mol. The lowest BCUT2D eigenvalue weighted by molar-refractivity contribution is 0.857. The van der Waals surface area contributed by atoms with Crippen molar-refractivity contribution >= 4 is 0 Å². The summed E-state index contributed by atoms with van der Waals surface area (Å²) in [6, 6.07) is 13.1. The second kappa shape index (κ2) is 5.58. The molecule has 1 heteroatoms. The first-order chi connectivity index (χ1) is 9.02. The van der Waals surface area contributed by atoms with E-state index in [4.69, 9.17) is 5.73 Å². The molecule has 1 unspecified atom stereocenters. The zero-order chi connectivity index (χ0) is 14.0. The van der Waals surface area contributed by atoms with Gasteiger partial charge in [0.15, 0.2) is 0 Å². The Hall–Kier alpha value is -1.60. The Morgan fingerprint density at radius 1 is 0.895 bits per heavy atom. The maximum atomic E-state index is 6.43. The monoisotopic (exact) mass is 253 g/mol. The van der Waals surface area contributed by atoms with Crippen molar-refractivity contribution in [2.75, 3.05) is 0 Å². The summed E-state index contributed by atoms with van der Waals surface area (Å²) >= 11 is 0. The SMILES string of the molecule is CCc1ccc(C(N)c2cc(C)c(C)cc2C)cc1. The third-order valence-corrected chi connectivity index (χ3v) is 3.96. The van der Waals surface area contributed by atoms with E-state index in [1.807, 2.05) is 0 Å². The fraction of sp³-hybridized carbons (Fsp3) is 0.333. The Morgan fingerprint density at radius 2 is 1.47 bits per heavy atom. The Balaban J connectivity index is 2.37. The lowest BCUT2D eigenvalue weighted by Gasteiger charge is -2.17. The van der Waals surface area contributed by atoms with E-state index in [9.17, 15) is 0 Å². The molecular weight excluding hydrogens is 230 g/mol.